The predicted octanol–water partition coefficient (Wildman–Crippen LogP) is 2.41. The normalized spacial score (nSPS) is 40.9. The summed E-state index contributed by atoms with van der Waals surface area (Å²) in [5.41, 5.74) is 0.125. The molecule has 1 aliphatic heterocycles. The van der Waals surface area contributed by atoms with E-state index in [0.29, 0.717) is 6.04 Å². The molecule has 2 aliphatic rings. The van der Waals surface area contributed by atoms with Gasteiger partial charge in [-0.3, -0.25) is 0 Å². The molecule has 1 heterocycles. The average molecular weight is 243 g/mol. The molecular weight excluding hydrogens is 218 g/mol. The summed E-state index contributed by atoms with van der Waals surface area (Å²) in [6.07, 6.45) is 7.24. The van der Waals surface area contributed by atoms with Gasteiger partial charge < -0.3 is 10.4 Å². The first kappa shape index (κ1) is 12.7. The fourth-order valence-corrected chi connectivity index (χ4v) is 3.97. The van der Waals surface area contributed by atoms with Gasteiger partial charge >= 0.3 is 0 Å². The maximum absolute atomic E-state index is 10.1. The third-order valence-electron chi connectivity index (χ3n) is 4.23. The molecule has 2 N–H and O–H groups in total. The van der Waals surface area contributed by atoms with Crippen molar-refractivity contribution < 1.29 is 5.11 Å². The Balaban J connectivity index is 1.78. The Morgan fingerprint density at radius 1 is 1.31 bits per heavy atom. The molecular formula is C13H25NOS. The molecule has 0 amide bonds. The van der Waals surface area contributed by atoms with Crippen LogP contribution in [0.5, 0.6) is 0 Å². The molecule has 0 bridgehead atoms. The third kappa shape index (κ3) is 3.14. The fourth-order valence-electron chi connectivity index (χ4n) is 2.87. The van der Waals surface area contributed by atoms with E-state index in [-0.39, 0.29) is 11.5 Å². The van der Waals surface area contributed by atoms with Gasteiger partial charge in [-0.15, -0.1) is 0 Å². The van der Waals surface area contributed by atoms with Crippen molar-refractivity contribution in [2.75, 3.05) is 18.1 Å². The Kier molecular flexibility index (Phi) is 4.57. The highest BCUT2D eigenvalue weighted by Crippen LogP contribution is 2.35. The molecule has 0 radical (unpaired) electrons. The van der Waals surface area contributed by atoms with Crippen molar-refractivity contribution in [1.29, 1.82) is 0 Å². The second-order valence-corrected chi connectivity index (χ2v) is 6.86. The summed E-state index contributed by atoms with van der Waals surface area (Å²) in [5, 5.41) is 13.8. The van der Waals surface area contributed by atoms with Gasteiger partial charge in [-0.1, -0.05) is 19.8 Å². The van der Waals surface area contributed by atoms with Crippen LogP contribution in [0.2, 0.25) is 0 Å². The minimum absolute atomic E-state index is 0.0926. The lowest BCUT2D eigenvalue weighted by molar-refractivity contribution is -0.0000591. The van der Waals surface area contributed by atoms with E-state index in [9.17, 15) is 5.11 Å². The first-order valence-electron chi connectivity index (χ1n) is 6.70. The van der Waals surface area contributed by atoms with Gasteiger partial charge in [-0.25, -0.2) is 0 Å². The molecule has 0 aromatic heterocycles. The van der Waals surface area contributed by atoms with Crippen molar-refractivity contribution in [1.82, 2.24) is 5.32 Å². The van der Waals surface area contributed by atoms with E-state index in [4.69, 9.17) is 0 Å². The van der Waals surface area contributed by atoms with Gasteiger partial charge in [0.05, 0.1) is 6.10 Å². The number of aliphatic hydroxyl groups is 1. The standard InChI is InChI=1S/C13H25NOS/c1-13(7-3-2-6-12(13)15)10-14-11-5-4-8-16-9-11/h11-12,14-15H,2-10H2,1H3. The van der Waals surface area contributed by atoms with Gasteiger partial charge in [0.1, 0.15) is 0 Å². The minimum Gasteiger partial charge on any atom is -0.393 e. The molecule has 2 nitrogen and oxygen atoms in total. The van der Waals surface area contributed by atoms with Gasteiger partial charge in [0.2, 0.25) is 0 Å². The van der Waals surface area contributed by atoms with Crippen molar-refractivity contribution in [2.24, 2.45) is 5.41 Å². The SMILES string of the molecule is CC1(CNC2CCCSC2)CCCCC1O. The molecule has 16 heavy (non-hydrogen) atoms. The zero-order valence-corrected chi connectivity index (χ0v) is 11.2. The Bertz CT molecular complexity index is 218. The van der Waals surface area contributed by atoms with Gasteiger partial charge in [0, 0.05) is 23.8 Å². The lowest BCUT2D eigenvalue weighted by atomic mass is 9.73. The van der Waals surface area contributed by atoms with E-state index in [1.165, 1.54) is 43.6 Å². The quantitative estimate of drug-likeness (QED) is 0.798. The summed E-state index contributed by atoms with van der Waals surface area (Å²) in [4.78, 5) is 0. The first-order chi connectivity index (χ1) is 7.71. The van der Waals surface area contributed by atoms with Crippen LogP contribution in [-0.4, -0.2) is 35.3 Å². The van der Waals surface area contributed by atoms with Crippen LogP contribution < -0.4 is 5.32 Å². The van der Waals surface area contributed by atoms with Crippen LogP contribution >= 0.6 is 11.8 Å². The molecule has 0 aromatic carbocycles. The molecule has 0 spiro atoms. The summed E-state index contributed by atoms with van der Waals surface area (Å²) in [5.74, 6) is 2.59. The molecule has 2 fully saturated rings. The maximum atomic E-state index is 10.1. The highest BCUT2D eigenvalue weighted by molar-refractivity contribution is 7.99. The zero-order valence-electron chi connectivity index (χ0n) is 10.4. The van der Waals surface area contributed by atoms with Crippen molar-refractivity contribution >= 4 is 11.8 Å². The molecule has 0 aromatic rings. The third-order valence-corrected chi connectivity index (χ3v) is 5.45. The van der Waals surface area contributed by atoms with Crippen molar-refractivity contribution in [3.05, 3.63) is 0 Å². The topological polar surface area (TPSA) is 32.3 Å². The number of hydrogen-bond acceptors (Lipinski definition) is 3. The number of aliphatic hydroxyl groups excluding tert-OH is 1. The summed E-state index contributed by atoms with van der Waals surface area (Å²) in [6.45, 7) is 3.25. The number of nitrogens with one attached hydrogen (secondary N) is 1. The van der Waals surface area contributed by atoms with Crippen LogP contribution in [0.15, 0.2) is 0 Å². The summed E-state index contributed by atoms with van der Waals surface area (Å²) >= 11 is 2.06. The smallest absolute Gasteiger partial charge is 0.0605 e. The van der Waals surface area contributed by atoms with Crippen LogP contribution in [0.4, 0.5) is 0 Å². The second-order valence-electron chi connectivity index (χ2n) is 5.71. The number of thioether (sulfide) groups is 1. The molecule has 1 saturated heterocycles. The second kappa shape index (κ2) is 5.74. The Morgan fingerprint density at radius 2 is 2.19 bits per heavy atom. The van der Waals surface area contributed by atoms with Crippen molar-refractivity contribution in [2.45, 2.75) is 57.6 Å². The summed E-state index contributed by atoms with van der Waals surface area (Å²) < 4.78 is 0. The van der Waals surface area contributed by atoms with Gasteiger partial charge in [0.15, 0.2) is 0 Å². The number of rotatable bonds is 3. The van der Waals surface area contributed by atoms with Gasteiger partial charge in [0.25, 0.3) is 0 Å². The zero-order chi connectivity index (χ0) is 11.4. The van der Waals surface area contributed by atoms with Crippen molar-refractivity contribution in [3.8, 4) is 0 Å². The molecule has 1 saturated carbocycles. The van der Waals surface area contributed by atoms with Crippen molar-refractivity contribution in [3.63, 3.8) is 0 Å². The molecule has 2 rings (SSSR count). The predicted molar refractivity (Wildman–Crippen MR) is 70.9 cm³/mol. The van der Waals surface area contributed by atoms with E-state index in [2.05, 4.69) is 24.0 Å². The highest BCUT2D eigenvalue weighted by Gasteiger charge is 2.35. The number of hydrogen-bond donors (Lipinski definition) is 2. The first-order valence-corrected chi connectivity index (χ1v) is 7.85. The minimum atomic E-state index is -0.0926. The molecule has 94 valence electrons. The Labute approximate surface area is 104 Å². The Morgan fingerprint density at radius 3 is 2.88 bits per heavy atom. The van der Waals surface area contributed by atoms with Gasteiger partial charge in [-0.2, -0.15) is 11.8 Å². The molecule has 3 atom stereocenters. The lowest BCUT2D eigenvalue weighted by Gasteiger charge is -2.40. The van der Waals surface area contributed by atoms with E-state index < -0.39 is 0 Å². The maximum Gasteiger partial charge on any atom is 0.0605 e. The van der Waals surface area contributed by atoms with Crippen LogP contribution in [0, 0.1) is 5.41 Å². The molecule has 1 aliphatic carbocycles. The summed E-state index contributed by atoms with van der Waals surface area (Å²) in [7, 11) is 0. The lowest BCUT2D eigenvalue weighted by Crippen LogP contribution is -2.47. The van der Waals surface area contributed by atoms with Crippen LogP contribution in [0.25, 0.3) is 0 Å². The van der Waals surface area contributed by atoms with E-state index in [1.807, 2.05) is 0 Å². The largest absolute Gasteiger partial charge is 0.393 e. The monoisotopic (exact) mass is 243 g/mol. The molecule has 3 unspecified atom stereocenters. The highest BCUT2D eigenvalue weighted by atomic mass is 32.2. The van der Waals surface area contributed by atoms with E-state index >= 15 is 0 Å². The Hall–Kier alpha value is 0.270. The van der Waals surface area contributed by atoms with Crippen LogP contribution in [0.3, 0.4) is 0 Å². The molecule has 3 heteroatoms. The fraction of sp³-hybridized carbons (Fsp3) is 1.00. The van der Waals surface area contributed by atoms with Gasteiger partial charge in [-0.05, 0) is 31.4 Å². The van der Waals surface area contributed by atoms with Crippen LogP contribution in [0.1, 0.15) is 45.4 Å². The summed E-state index contributed by atoms with van der Waals surface area (Å²) in [6, 6.07) is 0.685. The van der Waals surface area contributed by atoms with Crippen LogP contribution in [-0.2, 0) is 0 Å². The average Bonchev–Trinajstić information content (AvgIpc) is 2.32. The van der Waals surface area contributed by atoms with E-state index in [1.54, 1.807) is 0 Å². The van der Waals surface area contributed by atoms with E-state index in [0.717, 1.165) is 13.0 Å².